The van der Waals surface area contributed by atoms with Crippen molar-refractivity contribution in [3.63, 3.8) is 0 Å². The summed E-state index contributed by atoms with van der Waals surface area (Å²) in [6.45, 7) is 0.696. The van der Waals surface area contributed by atoms with Crippen LogP contribution in [0.3, 0.4) is 0 Å². The Morgan fingerprint density at radius 2 is 2.21 bits per heavy atom. The van der Waals surface area contributed by atoms with Gasteiger partial charge in [0.2, 0.25) is 0 Å². The van der Waals surface area contributed by atoms with Gasteiger partial charge in [-0.25, -0.2) is 9.97 Å². The number of hydrogen-bond donors (Lipinski definition) is 1. The normalized spacial score (nSPS) is 23.5. The number of hydrogen-bond acceptors (Lipinski definition) is 3. The molecule has 2 fully saturated rings. The Kier molecular flexibility index (Phi) is 1.65. The molecule has 2 N–H and O–H groups in total. The number of nitrogens with zero attached hydrogens (tertiary/aromatic N) is 2. The minimum absolute atomic E-state index is 0.144. The van der Waals surface area contributed by atoms with E-state index in [0.29, 0.717) is 12.5 Å². The molecule has 1 heterocycles. The van der Waals surface area contributed by atoms with Crippen LogP contribution in [0.15, 0.2) is 12.3 Å². The van der Waals surface area contributed by atoms with Gasteiger partial charge in [0.15, 0.2) is 0 Å². The third kappa shape index (κ3) is 1.23. The molecule has 0 aliphatic heterocycles. The molecule has 1 aromatic heterocycles. The first-order valence-electron chi connectivity index (χ1n) is 5.38. The Morgan fingerprint density at radius 1 is 1.43 bits per heavy atom. The van der Waals surface area contributed by atoms with Crippen LogP contribution in [0.25, 0.3) is 0 Å². The zero-order valence-electron chi connectivity index (χ0n) is 8.24. The lowest BCUT2D eigenvalue weighted by molar-refractivity contribution is 0.641. The molecule has 2 aliphatic carbocycles. The van der Waals surface area contributed by atoms with Crippen LogP contribution in [0.5, 0.6) is 0 Å². The van der Waals surface area contributed by atoms with Crippen LogP contribution in [-0.4, -0.2) is 16.5 Å². The highest BCUT2D eigenvalue weighted by molar-refractivity contribution is 5.22. The molecule has 3 rings (SSSR count). The summed E-state index contributed by atoms with van der Waals surface area (Å²) < 4.78 is 0. The average Bonchev–Trinajstić information content (AvgIpc) is 3.12. The van der Waals surface area contributed by atoms with Crippen molar-refractivity contribution >= 4 is 0 Å². The maximum atomic E-state index is 5.76. The van der Waals surface area contributed by atoms with Crippen LogP contribution in [-0.2, 0) is 5.41 Å². The maximum absolute atomic E-state index is 5.76. The third-order valence-corrected chi connectivity index (χ3v) is 3.39. The van der Waals surface area contributed by atoms with Gasteiger partial charge in [0.1, 0.15) is 5.82 Å². The van der Waals surface area contributed by atoms with Gasteiger partial charge in [-0.2, -0.15) is 0 Å². The number of nitrogens with two attached hydrogens (primary N) is 1. The van der Waals surface area contributed by atoms with Gasteiger partial charge in [0.25, 0.3) is 0 Å². The van der Waals surface area contributed by atoms with Gasteiger partial charge in [-0.15, -0.1) is 0 Å². The van der Waals surface area contributed by atoms with E-state index in [1.165, 1.54) is 18.5 Å². The van der Waals surface area contributed by atoms with Crippen molar-refractivity contribution in [2.75, 3.05) is 6.54 Å². The lowest BCUT2D eigenvalue weighted by Crippen LogP contribution is -2.22. The van der Waals surface area contributed by atoms with Crippen LogP contribution >= 0.6 is 0 Å². The van der Waals surface area contributed by atoms with Crippen molar-refractivity contribution in [3.05, 3.63) is 23.8 Å². The van der Waals surface area contributed by atoms with Crippen molar-refractivity contribution in [2.45, 2.75) is 37.0 Å². The van der Waals surface area contributed by atoms with Crippen molar-refractivity contribution < 1.29 is 0 Å². The van der Waals surface area contributed by atoms with Crippen molar-refractivity contribution in [2.24, 2.45) is 5.73 Å². The van der Waals surface area contributed by atoms with Crippen LogP contribution in [0.1, 0.15) is 43.1 Å². The summed E-state index contributed by atoms with van der Waals surface area (Å²) >= 11 is 0. The van der Waals surface area contributed by atoms with E-state index in [0.717, 1.165) is 18.7 Å². The fourth-order valence-electron chi connectivity index (χ4n) is 1.90. The monoisotopic (exact) mass is 189 g/mol. The van der Waals surface area contributed by atoms with Crippen LogP contribution in [0.2, 0.25) is 0 Å². The van der Waals surface area contributed by atoms with Crippen molar-refractivity contribution in [1.29, 1.82) is 0 Å². The van der Waals surface area contributed by atoms with E-state index in [-0.39, 0.29) is 5.41 Å². The zero-order chi connectivity index (χ0) is 9.60. The number of rotatable bonds is 3. The van der Waals surface area contributed by atoms with Gasteiger partial charge in [-0.3, -0.25) is 0 Å². The summed E-state index contributed by atoms with van der Waals surface area (Å²) in [6.07, 6.45) is 6.82. The van der Waals surface area contributed by atoms with Gasteiger partial charge < -0.3 is 5.73 Å². The molecule has 0 atom stereocenters. The highest BCUT2D eigenvalue weighted by Gasteiger charge is 2.46. The van der Waals surface area contributed by atoms with Gasteiger partial charge >= 0.3 is 0 Å². The van der Waals surface area contributed by atoms with Crippen molar-refractivity contribution in [1.82, 2.24) is 9.97 Å². The Hall–Kier alpha value is -0.960. The lowest BCUT2D eigenvalue weighted by atomic mass is 10.1. The van der Waals surface area contributed by atoms with Gasteiger partial charge in [0, 0.05) is 29.8 Å². The topological polar surface area (TPSA) is 51.8 Å². The Morgan fingerprint density at radius 3 is 2.79 bits per heavy atom. The minimum Gasteiger partial charge on any atom is -0.329 e. The van der Waals surface area contributed by atoms with Crippen LogP contribution in [0.4, 0.5) is 0 Å². The van der Waals surface area contributed by atoms with Gasteiger partial charge in [-0.05, 0) is 31.7 Å². The smallest absolute Gasteiger partial charge is 0.135 e. The fourth-order valence-corrected chi connectivity index (χ4v) is 1.90. The van der Waals surface area contributed by atoms with E-state index < -0.39 is 0 Å². The molecule has 0 unspecified atom stereocenters. The highest BCUT2D eigenvalue weighted by Crippen LogP contribution is 2.46. The summed E-state index contributed by atoms with van der Waals surface area (Å²) in [7, 11) is 0. The molecule has 0 aromatic carbocycles. The van der Waals surface area contributed by atoms with E-state index in [1.807, 2.05) is 12.3 Å². The van der Waals surface area contributed by atoms with Gasteiger partial charge in [-0.1, -0.05) is 0 Å². The quantitative estimate of drug-likeness (QED) is 0.780. The molecule has 14 heavy (non-hydrogen) atoms. The molecular weight excluding hydrogens is 174 g/mol. The van der Waals surface area contributed by atoms with Crippen LogP contribution in [0, 0.1) is 0 Å². The SMILES string of the molecule is NCC1(c2nccc(C3CC3)n2)CC1. The van der Waals surface area contributed by atoms with E-state index in [4.69, 9.17) is 5.73 Å². The second-order valence-corrected chi connectivity index (χ2v) is 4.56. The predicted octanol–water partition coefficient (Wildman–Crippen LogP) is 1.34. The zero-order valence-corrected chi connectivity index (χ0v) is 8.24. The van der Waals surface area contributed by atoms with E-state index in [9.17, 15) is 0 Å². The first-order chi connectivity index (χ1) is 6.84. The molecule has 0 saturated heterocycles. The first kappa shape index (κ1) is 8.36. The number of aromatic nitrogens is 2. The minimum atomic E-state index is 0.144. The predicted molar refractivity (Wildman–Crippen MR) is 54.0 cm³/mol. The lowest BCUT2D eigenvalue weighted by Gasteiger charge is -2.10. The molecule has 0 bridgehead atoms. The standard InChI is InChI=1S/C11H15N3/c12-7-11(4-5-11)10-13-6-3-9(14-10)8-1-2-8/h3,6,8H,1-2,4-5,7,12H2. The Labute approximate surface area is 83.8 Å². The Balaban J connectivity index is 1.94. The summed E-state index contributed by atoms with van der Waals surface area (Å²) in [5.41, 5.74) is 7.14. The molecule has 74 valence electrons. The van der Waals surface area contributed by atoms with Gasteiger partial charge in [0.05, 0.1) is 0 Å². The highest BCUT2D eigenvalue weighted by atomic mass is 14.9. The molecule has 3 nitrogen and oxygen atoms in total. The van der Waals surface area contributed by atoms with Crippen molar-refractivity contribution in [3.8, 4) is 0 Å². The molecule has 0 spiro atoms. The Bertz CT molecular complexity index is 353. The summed E-state index contributed by atoms with van der Waals surface area (Å²) in [5, 5.41) is 0. The summed E-state index contributed by atoms with van der Waals surface area (Å²) in [4.78, 5) is 9.01. The largest absolute Gasteiger partial charge is 0.329 e. The summed E-state index contributed by atoms with van der Waals surface area (Å²) in [6, 6.07) is 2.05. The summed E-state index contributed by atoms with van der Waals surface area (Å²) in [5.74, 6) is 1.70. The fraction of sp³-hybridized carbons (Fsp3) is 0.636. The molecule has 3 heteroatoms. The van der Waals surface area contributed by atoms with E-state index in [1.54, 1.807) is 0 Å². The molecule has 2 saturated carbocycles. The van der Waals surface area contributed by atoms with E-state index >= 15 is 0 Å². The van der Waals surface area contributed by atoms with Crippen LogP contribution < -0.4 is 5.73 Å². The second kappa shape index (κ2) is 2.76. The van der Waals surface area contributed by atoms with E-state index in [2.05, 4.69) is 9.97 Å². The third-order valence-electron chi connectivity index (χ3n) is 3.39. The second-order valence-electron chi connectivity index (χ2n) is 4.56. The molecule has 2 aliphatic rings. The molecule has 0 amide bonds. The molecular formula is C11H15N3. The molecule has 0 radical (unpaired) electrons. The average molecular weight is 189 g/mol. The first-order valence-corrected chi connectivity index (χ1v) is 5.38. The molecule has 1 aromatic rings. The maximum Gasteiger partial charge on any atom is 0.135 e.